The Morgan fingerprint density at radius 3 is 2.39 bits per heavy atom. The van der Waals surface area contributed by atoms with E-state index in [0.29, 0.717) is 22.3 Å². The molecule has 0 spiro atoms. The maximum atomic E-state index is 12.9. The van der Waals surface area contributed by atoms with Crippen LogP contribution in [0.3, 0.4) is 0 Å². The lowest BCUT2D eigenvalue weighted by molar-refractivity contribution is -0.137. The number of aromatic nitrogens is 3. The van der Waals surface area contributed by atoms with E-state index in [4.69, 9.17) is 9.72 Å². The fourth-order valence-corrected chi connectivity index (χ4v) is 2.96. The van der Waals surface area contributed by atoms with Crippen molar-refractivity contribution in [3.05, 3.63) is 48.2 Å². The second-order valence-corrected chi connectivity index (χ2v) is 7.12. The topological polar surface area (TPSA) is 77.3 Å². The minimum Gasteiger partial charge on any atom is -0.449 e. The minimum atomic E-state index is -0.883. The molecule has 0 saturated heterocycles. The third kappa shape index (κ3) is 3.74. The van der Waals surface area contributed by atoms with Crippen LogP contribution in [-0.2, 0) is 9.53 Å². The molecule has 0 aliphatic rings. The summed E-state index contributed by atoms with van der Waals surface area (Å²) in [6.45, 7) is 5.56. The SMILES string of the molecule is CC(C)n1ncc2c(C(=O)O[C@H](C)C(=O)N(C)C)cc(-c3ccccc3)nc21. The highest BCUT2D eigenvalue weighted by Gasteiger charge is 2.24. The highest BCUT2D eigenvalue weighted by atomic mass is 16.5. The quantitative estimate of drug-likeness (QED) is 0.635. The van der Waals surface area contributed by atoms with E-state index in [1.807, 2.05) is 44.2 Å². The molecule has 0 unspecified atom stereocenters. The van der Waals surface area contributed by atoms with Gasteiger partial charge in [0.25, 0.3) is 5.91 Å². The number of carbonyl (C=O) groups excluding carboxylic acids is 2. The summed E-state index contributed by atoms with van der Waals surface area (Å²) in [5, 5.41) is 4.99. The van der Waals surface area contributed by atoms with Gasteiger partial charge in [0, 0.05) is 25.7 Å². The van der Waals surface area contributed by atoms with Crippen molar-refractivity contribution in [1.82, 2.24) is 19.7 Å². The molecule has 2 heterocycles. The van der Waals surface area contributed by atoms with E-state index < -0.39 is 12.1 Å². The maximum Gasteiger partial charge on any atom is 0.339 e. The maximum absolute atomic E-state index is 12.9. The predicted octanol–water partition coefficient (Wildman–Crippen LogP) is 3.31. The van der Waals surface area contributed by atoms with Gasteiger partial charge in [-0.05, 0) is 26.8 Å². The summed E-state index contributed by atoms with van der Waals surface area (Å²) in [5.74, 6) is -0.851. The Morgan fingerprint density at radius 1 is 1.11 bits per heavy atom. The molecule has 1 atom stereocenters. The number of hydrogen-bond donors (Lipinski definition) is 0. The average molecular weight is 380 g/mol. The van der Waals surface area contributed by atoms with Gasteiger partial charge in [-0.25, -0.2) is 14.5 Å². The van der Waals surface area contributed by atoms with Crippen LogP contribution >= 0.6 is 0 Å². The Balaban J connectivity index is 2.10. The van der Waals surface area contributed by atoms with Crippen molar-refractivity contribution >= 4 is 22.9 Å². The monoisotopic (exact) mass is 380 g/mol. The summed E-state index contributed by atoms with van der Waals surface area (Å²) < 4.78 is 7.20. The number of ether oxygens (including phenoxy) is 1. The van der Waals surface area contributed by atoms with Crippen molar-refractivity contribution in [2.75, 3.05) is 14.1 Å². The largest absolute Gasteiger partial charge is 0.449 e. The van der Waals surface area contributed by atoms with Gasteiger partial charge in [0.1, 0.15) is 0 Å². The zero-order valence-electron chi connectivity index (χ0n) is 16.7. The van der Waals surface area contributed by atoms with Crippen LogP contribution in [0.1, 0.15) is 37.2 Å². The van der Waals surface area contributed by atoms with E-state index in [0.717, 1.165) is 5.56 Å². The van der Waals surface area contributed by atoms with Crippen molar-refractivity contribution in [1.29, 1.82) is 0 Å². The zero-order valence-corrected chi connectivity index (χ0v) is 16.7. The van der Waals surface area contributed by atoms with Crippen molar-refractivity contribution in [2.45, 2.75) is 32.9 Å². The lowest BCUT2D eigenvalue weighted by Crippen LogP contribution is -2.34. The summed E-state index contributed by atoms with van der Waals surface area (Å²) in [6.07, 6.45) is 0.734. The fourth-order valence-electron chi connectivity index (χ4n) is 2.96. The fraction of sp³-hybridized carbons (Fsp3) is 0.333. The molecule has 28 heavy (non-hydrogen) atoms. The van der Waals surface area contributed by atoms with Gasteiger partial charge in [0.2, 0.25) is 0 Å². The molecule has 0 aliphatic carbocycles. The molecule has 1 aromatic carbocycles. The first-order valence-corrected chi connectivity index (χ1v) is 9.15. The lowest BCUT2D eigenvalue weighted by atomic mass is 10.1. The number of esters is 1. The van der Waals surface area contributed by atoms with E-state index in [1.54, 1.807) is 38.0 Å². The lowest BCUT2D eigenvalue weighted by Gasteiger charge is -2.17. The van der Waals surface area contributed by atoms with Gasteiger partial charge in [-0.1, -0.05) is 30.3 Å². The third-order valence-corrected chi connectivity index (χ3v) is 4.42. The third-order valence-electron chi connectivity index (χ3n) is 4.42. The van der Waals surface area contributed by atoms with E-state index in [-0.39, 0.29) is 11.9 Å². The van der Waals surface area contributed by atoms with Crippen LogP contribution in [0.25, 0.3) is 22.3 Å². The number of hydrogen-bond acceptors (Lipinski definition) is 5. The number of carbonyl (C=O) groups is 2. The van der Waals surface area contributed by atoms with Gasteiger partial charge in [-0.3, -0.25) is 4.79 Å². The number of nitrogens with zero attached hydrogens (tertiary/aromatic N) is 4. The number of fused-ring (bicyclic) bond motifs is 1. The predicted molar refractivity (Wildman–Crippen MR) is 107 cm³/mol. The van der Waals surface area contributed by atoms with Gasteiger partial charge in [-0.15, -0.1) is 0 Å². The Hall–Kier alpha value is -3.22. The summed E-state index contributed by atoms with van der Waals surface area (Å²) in [6, 6.07) is 11.4. The minimum absolute atomic E-state index is 0.0779. The second-order valence-electron chi connectivity index (χ2n) is 7.12. The van der Waals surface area contributed by atoms with Gasteiger partial charge in [0.05, 0.1) is 22.8 Å². The number of pyridine rings is 1. The van der Waals surface area contributed by atoms with E-state index in [2.05, 4.69) is 5.10 Å². The molecular formula is C21H24N4O3. The van der Waals surface area contributed by atoms with Crippen molar-refractivity contribution in [3.63, 3.8) is 0 Å². The van der Waals surface area contributed by atoms with Gasteiger partial charge < -0.3 is 9.64 Å². The van der Waals surface area contributed by atoms with Crippen LogP contribution in [0.4, 0.5) is 0 Å². The molecule has 3 aromatic rings. The molecule has 2 aromatic heterocycles. The van der Waals surface area contributed by atoms with E-state index in [9.17, 15) is 9.59 Å². The Morgan fingerprint density at radius 2 is 1.79 bits per heavy atom. The number of rotatable bonds is 5. The number of amides is 1. The summed E-state index contributed by atoms with van der Waals surface area (Å²) in [4.78, 5) is 31.1. The normalized spacial score (nSPS) is 12.2. The molecule has 7 nitrogen and oxygen atoms in total. The van der Waals surface area contributed by atoms with E-state index >= 15 is 0 Å². The molecule has 3 rings (SSSR count). The summed E-state index contributed by atoms with van der Waals surface area (Å²) in [5.41, 5.74) is 2.48. The molecule has 0 fully saturated rings. The van der Waals surface area contributed by atoms with Crippen molar-refractivity contribution < 1.29 is 14.3 Å². The standard InChI is InChI=1S/C21H24N4O3/c1-13(2)25-19-17(12-22-25)16(21(27)28-14(3)20(26)24(4)5)11-18(23-19)15-9-7-6-8-10-15/h6-14H,1-5H3/t14-/m1/s1. The Bertz CT molecular complexity index is 1010. The number of likely N-dealkylation sites (N-methyl/N-ethyl adjacent to an activating group) is 1. The molecule has 146 valence electrons. The molecule has 0 aliphatic heterocycles. The van der Waals surface area contributed by atoms with Crippen LogP contribution in [0.5, 0.6) is 0 Å². The first-order valence-electron chi connectivity index (χ1n) is 9.15. The molecule has 1 amide bonds. The first-order chi connectivity index (χ1) is 13.3. The van der Waals surface area contributed by atoms with Crippen molar-refractivity contribution in [3.8, 4) is 11.3 Å². The highest BCUT2D eigenvalue weighted by Crippen LogP contribution is 2.27. The first kappa shape index (κ1) is 19.5. The van der Waals surface area contributed by atoms with Crippen LogP contribution in [0, 0.1) is 0 Å². The highest BCUT2D eigenvalue weighted by molar-refractivity contribution is 6.04. The van der Waals surface area contributed by atoms with Crippen LogP contribution in [0.15, 0.2) is 42.6 Å². The van der Waals surface area contributed by atoms with Gasteiger partial charge in [0.15, 0.2) is 11.8 Å². The summed E-state index contributed by atoms with van der Waals surface area (Å²) in [7, 11) is 3.25. The molecule has 0 bridgehead atoms. The van der Waals surface area contributed by atoms with Gasteiger partial charge >= 0.3 is 5.97 Å². The molecular weight excluding hydrogens is 356 g/mol. The van der Waals surface area contributed by atoms with Gasteiger partial charge in [-0.2, -0.15) is 5.10 Å². The zero-order chi connectivity index (χ0) is 20.4. The van der Waals surface area contributed by atoms with Crippen LogP contribution in [-0.4, -0.2) is 51.7 Å². The second kappa shape index (κ2) is 7.80. The van der Waals surface area contributed by atoms with Crippen molar-refractivity contribution in [2.24, 2.45) is 0 Å². The summed E-state index contributed by atoms with van der Waals surface area (Å²) >= 11 is 0. The molecule has 0 saturated carbocycles. The van der Waals surface area contributed by atoms with Crippen LogP contribution in [0.2, 0.25) is 0 Å². The molecule has 7 heteroatoms. The molecule has 0 N–H and O–H groups in total. The average Bonchev–Trinajstić information content (AvgIpc) is 3.11. The van der Waals surface area contributed by atoms with E-state index in [1.165, 1.54) is 4.90 Å². The molecule has 0 radical (unpaired) electrons. The Labute approximate surface area is 163 Å². The Kier molecular flexibility index (Phi) is 5.44. The van der Waals surface area contributed by atoms with Crippen LogP contribution < -0.4 is 0 Å². The number of benzene rings is 1. The smallest absolute Gasteiger partial charge is 0.339 e.